The van der Waals surface area contributed by atoms with Gasteiger partial charge in [-0.3, -0.25) is 14.5 Å². The third kappa shape index (κ3) is 2.91. The Bertz CT molecular complexity index is 864. The highest BCUT2D eigenvalue weighted by Gasteiger charge is 2.10. The minimum absolute atomic E-state index is 0.330. The van der Waals surface area contributed by atoms with E-state index in [1.807, 2.05) is 18.2 Å². The molecule has 0 saturated heterocycles. The Morgan fingerprint density at radius 2 is 2.04 bits per heavy atom. The molecule has 0 fully saturated rings. The molecule has 3 aromatic rings. The van der Waals surface area contributed by atoms with Gasteiger partial charge >= 0.3 is 0 Å². The van der Waals surface area contributed by atoms with Gasteiger partial charge in [-0.1, -0.05) is 6.07 Å². The molecule has 9 heteroatoms. The zero-order valence-corrected chi connectivity index (χ0v) is 13.2. The lowest BCUT2D eigenvalue weighted by atomic mass is 10.2. The number of hydrogen-bond acceptors (Lipinski definition) is 7. The minimum Gasteiger partial charge on any atom is -0.493 e. The number of benzene rings is 1. The van der Waals surface area contributed by atoms with Crippen molar-refractivity contribution in [2.45, 2.75) is 6.54 Å². The number of anilines is 2. The first kappa shape index (κ1) is 15.5. The quantitative estimate of drug-likeness (QED) is 0.631. The Morgan fingerprint density at radius 1 is 1.21 bits per heavy atom. The Kier molecular flexibility index (Phi) is 4.41. The highest BCUT2D eigenvalue weighted by molar-refractivity contribution is 5.71. The molecule has 0 unspecified atom stereocenters. The Hall–Kier alpha value is -3.36. The van der Waals surface area contributed by atoms with Crippen LogP contribution in [-0.2, 0) is 11.3 Å². The molecule has 1 aromatic carbocycles. The molecule has 0 aliphatic rings. The summed E-state index contributed by atoms with van der Waals surface area (Å²) in [7, 11) is 3.19. The zero-order chi connectivity index (χ0) is 16.9. The van der Waals surface area contributed by atoms with Crippen molar-refractivity contribution in [3.05, 3.63) is 36.2 Å². The van der Waals surface area contributed by atoms with Gasteiger partial charge in [0.1, 0.15) is 0 Å². The maximum Gasteiger partial charge on any atom is 0.235 e. The molecule has 0 spiro atoms. The third-order valence-electron chi connectivity index (χ3n) is 3.42. The molecule has 0 saturated carbocycles. The topological polar surface area (TPSA) is 103 Å². The summed E-state index contributed by atoms with van der Waals surface area (Å²) in [5.41, 5.74) is 1.50. The van der Waals surface area contributed by atoms with Crippen molar-refractivity contribution < 1.29 is 14.3 Å². The van der Waals surface area contributed by atoms with Crippen LogP contribution in [0.4, 0.5) is 11.8 Å². The van der Waals surface area contributed by atoms with E-state index >= 15 is 0 Å². The van der Waals surface area contributed by atoms with Crippen molar-refractivity contribution in [1.29, 1.82) is 0 Å². The van der Waals surface area contributed by atoms with E-state index in [9.17, 15) is 4.79 Å². The molecule has 0 radical (unpaired) electrons. The molecule has 1 amide bonds. The van der Waals surface area contributed by atoms with E-state index in [2.05, 4.69) is 25.8 Å². The molecule has 2 heterocycles. The van der Waals surface area contributed by atoms with Crippen molar-refractivity contribution in [1.82, 2.24) is 19.6 Å². The van der Waals surface area contributed by atoms with E-state index in [1.54, 1.807) is 31.0 Å². The van der Waals surface area contributed by atoms with Gasteiger partial charge in [0, 0.05) is 18.9 Å². The third-order valence-corrected chi connectivity index (χ3v) is 3.42. The summed E-state index contributed by atoms with van der Waals surface area (Å²) >= 11 is 0. The van der Waals surface area contributed by atoms with Crippen molar-refractivity contribution in [3.8, 4) is 11.5 Å². The second-order valence-corrected chi connectivity index (χ2v) is 4.80. The maximum absolute atomic E-state index is 10.6. The van der Waals surface area contributed by atoms with Gasteiger partial charge in [0.05, 0.1) is 14.2 Å². The molecule has 0 bridgehead atoms. The number of rotatable bonds is 7. The summed E-state index contributed by atoms with van der Waals surface area (Å²) in [6.45, 7) is 0.510. The highest BCUT2D eigenvalue weighted by atomic mass is 16.5. The van der Waals surface area contributed by atoms with Gasteiger partial charge in [0.2, 0.25) is 18.0 Å². The van der Waals surface area contributed by atoms with E-state index in [0.717, 1.165) is 5.56 Å². The van der Waals surface area contributed by atoms with Crippen molar-refractivity contribution in [2.24, 2.45) is 0 Å². The van der Waals surface area contributed by atoms with Gasteiger partial charge in [-0.25, -0.2) is 4.98 Å². The number of carbonyl (C=O) groups is 1. The highest BCUT2D eigenvalue weighted by Crippen LogP contribution is 2.28. The fraction of sp³-hybridized carbons (Fsp3) is 0.200. The van der Waals surface area contributed by atoms with Crippen LogP contribution in [0.15, 0.2) is 30.6 Å². The molecule has 0 atom stereocenters. The summed E-state index contributed by atoms with van der Waals surface area (Å²) in [6.07, 6.45) is 3.82. The SMILES string of the molecule is COc1ccc(CNc2nccn3c(NC=O)nnc23)cc1OC. The van der Waals surface area contributed by atoms with E-state index in [-0.39, 0.29) is 0 Å². The van der Waals surface area contributed by atoms with Gasteiger partial charge < -0.3 is 14.8 Å². The largest absolute Gasteiger partial charge is 0.493 e. The lowest BCUT2D eigenvalue weighted by Crippen LogP contribution is -2.05. The average Bonchev–Trinajstić information content (AvgIpc) is 3.03. The summed E-state index contributed by atoms with van der Waals surface area (Å²) in [6, 6.07) is 5.65. The van der Waals surface area contributed by atoms with Crippen molar-refractivity contribution in [3.63, 3.8) is 0 Å². The molecular formula is C15H16N6O3. The van der Waals surface area contributed by atoms with Crippen molar-refractivity contribution >= 4 is 23.8 Å². The lowest BCUT2D eigenvalue weighted by Gasteiger charge is -2.11. The fourth-order valence-corrected chi connectivity index (χ4v) is 2.28. The van der Waals surface area contributed by atoms with Gasteiger partial charge in [-0.2, -0.15) is 0 Å². The summed E-state index contributed by atoms with van der Waals surface area (Å²) in [5, 5.41) is 13.6. The number of fused-ring (bicyclic) bond motifs is 1. The van der Waals surface area contributed by atoms with Crippen LogP contribution in [0.3, 0.4) is 0 Å². The molecular weight excluding hydrogens is 312 g/mol. The number of nitrogens with zero attached hydrogens (tertiary/aromatic N) is 4. The number of amides is 1. The van der Waals surface area contributed by atoms with Crippen molar-refractivity contribution in [2.75, 3.05) is 24.9 Å². The normalized spacial score (nSPS) is 10.4. The van der Waals surface area contributed by atoms with Crippen LogP contribution in [0.1, 0.15) is 5.56 Å². The summed E-state index contributed by atoms with van der Waals surface area (Å²) in [5.74, 6) is 2.21. The van der Waals surface area contributed by atoms with Gasteiger partial charge in [0.25, 0.3) is 0 Å². The van der Waals surface area contributed by atoms with Gasteiger partial charge in [-0.15, -0.1) is 10.2 Å². The number of methoxy groups -OCH3 is 2. The van der Waals surface area contributed by atoms with Crippen LogP contribution in [0.2, 0.25) is 0 Å². The summed E-state index contributed by atoms with van der Waals surface area (Å²) in [4.78, 5) is 14.8. The molecule has 0 aliphatic carbocycles. The average molecular weight is 328 g/mol. The smallest absolute Gasteiger partial charge is 0.235 e. The predicted octanol–water partition coefficient (Wildman–Crippen LogP) is 1.32. The first-order valence-electron chi connectivity index (χ1n) is 7.11. The van der Waals surface area contributed by atoms with Crippen LogP contribution in [0.5, 0.6) is 11.5 Å². The lowest BCUT2D eigenvalue weighted by molar-refractivity contribution is -0.105. The number of ether oxygens (including phenoxy) is 2. The van der Waals surface area contributed by atoms with Crippen LogP contribution in [0, 0.1) is 0 Å². The fourth-order valence-electron chi connectivity index (χ4n) is 2.28. The maximum atomic E-state index is 10.6. The standard InChI is InChI=1S/C15H16N6O3/c1-23-11-4-3-10(7-12(11)24-2)8-17-13-14-19-20-15(18-9-22)21(14)6-5-16-13/h3-7,9H,8H2,1-2H3,(H,16,17)(H,18,20,22). The van der Waals surface area contributed by atoms with Crippen LogP contribution >= 0.6 is 0 Å². The zero-order valence-electron chi connectivity index (χ0n) is 13.2. The molecule has 3 rings (SSSR count). The Labute approximate surface area is 137 Å². The first-order valence-corrected chi connectivity index (χ1v) is 7.11. The van der Waals surface area contributed by atoms with Gasteiger partial charge in [0.15, 0.2) is 17.3 Å². The Balaban J connectivity index is 1.82. The number of aromatic nitrogens is 4. The molecule has 9 nitrogen and oxygen atoms in total. The van der Waals surface area contributed by atoms with Crippen LogP contribution in [0.25, 0.3) is 5.65 Å². The minimum atomic E-state index is 0.330. The number of nitrogens with one attached hydrogen (secondary N) is 2. The van der Waals surface area contributed by atoms with E-state index in [1.165, 1.54) is 0 Å². The molecule has 24 heavy (non-hydrogen) atoms. The Morgan fingerprint density at radius 3 is 2.79 bits per heavy atom. The summed E-state index contributed by atoms with van der Waals surface area (Å²) < 4.78 is 12.2. The van der Waals surface area contributed by atoms with Gasteiger partial charge in [-0.05, 0) is 17.7 Å². The monoisotopic (exact) mass is 328 g/mol. The first-order chi connectivity index (χ1) is 11.8. The second-order valence-electron chi connectivity index (χ2n) is 4.80. The molecule has 2 aromatic heterocycles. The van der Waals surface area contributed by atoms with Crippen LogP contribution in [-0.4, -0.2) is 40.2 Å². The molecule has 2 N–H and O–H groups in total. The number of hydrogen-bond donors (Lipinski definition) is 2. The molecule has 0 aliphatic heterocycles. The van der Waals surface area contributed by atoms with E-state index in [4.69, 9.17) is 9.47 Å². The predicted molar refractivity (Wildman–Crippen MR) is 87.3 cm³/mol. The van der Waals surface area contributed by atoms with Crippen LogP contribution < -0.4 is 20.1 Å². The molecule has 124 valence electrons. The second kappa shape index (κ2) is 6.82. The number of carbonyl (C=O) groups excluding carboxylic acids is 1. The van der Waals surface area contributed by atoms with E-state index < -0.39 is 0 Å². The van der Waals surface area contributed by atoms with E-state index in [0.29, 0.717) is 41.9 Å².